The highest BCUT2D eigenvalue weighted by atomic mass is 35.5. The fraction of sp³-hybridized carbons (Fsp3) is 0.130. The first-order chi connectivity index (χ1) is 14.8. The maximum absolute atomic E-state index is 13.0. The molecule has 0 heterocycles. The van der Waals surface area contributed by atoms with E-state index >= 15 is 0 Å². The zero-order valence-corrected chi connectivity index (χ0v) is 17.9. The zero-order valence-electron chi connectivity index (χ0n) is 16.3. The standard InChI is InChI=1S/C23H19ClFNO4S/c24-17-8-13-21(20(15-17)23(28)16-5-2-1-3-6-16)26-22(27)7-4-14-31(29,30)19-11-9-18(25)10-12-19/h1-3,5-6,8-13,15H,4,7,14H2,(H,26,27). The molecule has 0 aromatic heterocycles. The van der Waals surface area contributed by atoms with Crippen LogP contribution in [0, 0.1) is 5.82 Å². The fourth-order valence-corrected chi connectivity index (χ4v) is 4.44. The number of carbonyl (C=O) groups excluding carboxylic acids is 2. The van der Waals surface area contributed by atoms with Gasteiger partial charge in [-0.2, -0.15) is 0 Å². The number of halogens is 2. The molecule has 0 saturated heterocycles. The molecule has 0 saturated carbocycles. The van der Waals surface area contributed by atoms with E-state index in [1.165, 1.54) is 24.3 Å². The van der Waals surface area contributed by atoms with E-state index in [4.69, 9.17) is 11.6 Å². The minimum absolute atomic E-state index is 0.00255. The first-order valence-electron chi connectivity index (χ1n) is 9.44. The second-order valence-corrected chi connectivity index (χ2v) is 9.36. The van der Waals surface area contributed by atoms with Crippen molar-refractivity contribution in [2.24, 2.45) is 0 Å². The molecule has 0 aliphatic rings. The summed E-state index contributed by atoms with van der Waals surface area (Å²) in [7, 11) is -3.63. The number of benzene rings is 3. The number of amides is 1. The highest BCUT2D eigenvalue weighted by molar-refractivity contribution is 7.91. The highest BCUT2D eigenvalue weighted by Gasteiger charge is 2.18. The van der Waals surface area contributed by atoms with Gasteiger partial charge in [-0.15, -0.1) is 0 Å². The smallest absolute Gasteiger partial charge is 0.224 e. The van der Waals surface area contributed by atoms with Crippen LogP contribution in [-0.4, -0.2) is 25.9 Å². The van der Waals surface area contributed by atoms with Gasteiger partial charge >= 0.3 is 0 Å². The van der Waals surface area contributed by atoms with E-state index < -0.39 is 21.6 Å². The van der Waals surface area contributed by atoms with Crippen molar-refractivity contribution in [3.05, 3.63) is 94.8 Å². The van der Waals surface area contributed by atoms with Crippen LogP contribution in [0.4, 0.5) is 10.1 Å². The summed E-state index contributed by atoms with van der Waals surface area (Å²) in [6.07, 6.45) is 0.00309. The molecule has 3 rings (SSSR count). The van der Waals surface area contributed by atoms with Gasteiger partial charge in [-0.25, -0.2) is 12.8 Å². The van der Waals surface area contributed by atoms with Crippen LogP contribution in [0.25, 0.3) is 0 Å². The van der Waals surface area contributed by atoms with Crippen molar-refractivity contribution in [2.45, 2.75) is 17.7 Å². The number of ketones is 1. The zero-order chi connectivity index (χ0) is 22.4. The number of sulfone groups is 1. The van der Waals surface area contributed by atoms with E-state index in [9.17, 15) is 22.4 Å². The quantitative estimate of drug-likeness (QED) is 0.383. The van der Waals surface area contributed by atoms with Crippen LogP contribution in [-0.2, 0) is 14.6 Å². The lowest BCUT2D eigenvalue weighted by molar-refractivity contribution is -0.116. The average molecular weight is 460 g/mol. The Morgan fingerprint density at radius 1 is 0.935 bits per heavy atom. The number of hydrogen-bond acceptors (Lipinski definition) is 4. The normalized spacial score (nSPS) is 11.2. The van der Waals surface area contributed by atoms with Gasteiger partial charge in [-0.1, -0.05) is 41.9 Å². The second-order valence-electron chi connectivity index (χ2n) is 6.81. The monoisotopic (exact) mass is 459 g/mol. The topological polar surface area (TPSA) is 80.3 Å². The van der Waals surface area contributed by atoms with Crippen LogP contribution in [0.15, 0.2) is 77.7 Å². The molecule has 0 radical (unpaired) electrons. The molecule has 0 aliphatic heterocycles. The van der Waals surface area contributed by atoms with E-state index in [0.29, 0.717) is 16.3 Å². The van der Waals surface area contributed by atoms with Crippen molar-refractivity contribution in [1.29, 1.82) is 0 Å². The molecule has 0 unspecified atom stereocenters. The third kappa shape index (κ3) is 5.99. The predicted molar refractivity (Wildman–Crippen MR) is 118 cm³/mol. The number of rotatable bonds is 8. The van der Waals surface area contributed by atoms with Crippen LogP contribution in [0.3, 0.4) is 0 Å². The minimum Gasteiger partial charge on any atom is -0.325 e. The molecule has 160 valence electrons. The number of nitrogens with one attached hydrogen (secondary N) is 1. The summed E-state index contributed by atoms with van der Waals surface area (Å²) in [4.78, 5) is 25.2. The van der Waals surface area contributed by atoms with Crippen molar-refractivity contribution < 1.29 is 22.4 Å². The molecule has 3 aromatic rings. The summed E-state index contributed by atoms with van der Waals surface area (Å²) >= 11 is 6.03. The molecule has 1 amide bonds. The second kappa shape index (κ2) is 9.85. The van der Waals surface area contributed by atoms with Crippen LogP contribution in [0.2, 0.25) is 5.02 Å². The Kier molecular flexibility index (Phi) is 7.20. The molecule has 31 heavy (non-hydrogen) atoms. The fourth-order valence-electron chi connectivity index (χ4n) is 2.95. The number of anilines is 1. The Labute approximate surface area is 184 Å². The summed E-state index contributed by atoms with van der Waals surface area (Å²) < 4.78 is 37.6. The lowest BCUT2D eigenvalue weighted by atomic mass is 10.0. The van der Waals surface area contributed by atoms with Gasteiger partial charge in [0.1, 0.15) is 5.82 Å². The van der Waals surface area contributed by atoms with Gasteiger partial charge in [0.15, 0.2) is 15.6 Å². The Morgan fingerprint density at radius 3 is 2.29 bits per heavy atom. The van der Waals surface area contributed by atoms with Crippen LogP contribution >= 0.6 is 11.6 Å². The molecule has 1 N–H and O–H groups in total. The SMILES string of the molecule is O=C(CCCS(=O)(=O)c1ccc(F)cc1)Nc1ccc(Cl)cc1C(=O)c1ccccc1. The molecule has 0 bridgehead atoms. The van der Waals surface area contributed by atoms with Crippen LogP contribution < -0.4 is 5.32 Å². The highest BCUT2D eigenvalue weighted by Crippen LogP contribution is 2.24. The van der Waals surface area contributed by atoms with Gasteiger partial charge in [0.25, 0.3) is 0 Å². The lowest BCUT2D eigenvalue weighted by Crippen LogP contribution is -2.16. The van der Waals surface area contributed by atoms with Crippen molar-refractivity contribution in [3.8, 4) is 0 Å². The number of carbonyl (C=O) groups is 2. The molecule has 0 spiro atoms. The summed E-state index contributed by atoms with van der Waals surface area (Å²) in [5, 5.41) is 3.01. The van der Waals surface area contributed by atoms with E-state index in [-0.39, 0.29) is 34.8 Å². The van der Waals surface area contributed by atoms with E-state index in [1.54, 1.807) is 36.4 Å². The van der Waals surface area contributed by atoms with Crippen molar-refractivity contribution in [3.63, 3.8) is 0 Å². The largest absolute Gasteiger partial charge is 0.325 e. The van der Waals surface area contributed by atoms with Gasteiger partial charge in [-0.3, -0.25) is 9.59 Å². The minimum atomic E-state index is -3.63. The van der Waals surface area contributed by atoms with E-state index in [2.05, 4.69) is 5.32 Å². The Balaban J connectivity index is 1.66. The van der Waals surface area contributed by atoms with Gasteiger partial charge in [0, 0.05) is 22.6 Å². The van der Waals surface area contributed by atoms with Crippen molar-refractivity contribution >= 4 is 38.8 Å². The average Bonchev–Trinajstić information content (AvgIpc) is 2.75. The van der Waals surface area contributed by atoms with Gasteiger partial charge < -0.3 is 5.32 Å². The summed E-state index contributed by atoms with van der Waals surface area (Å²) in [6.45, 7) is 0. The number of hydrogen-bond donors (Lipinski definition) is 1. The van der Waals surface area contributed by atoms with Gasteiger partial charge in [0.2, 0.25) is 5.91 Å². The third-order valence-electron chi connectivity index (χ3n) is 4.53. The predicted octanol–water partition coefficient (Wildman–Crippen LogP) is 4.90. The molecule has 3 aromatic carbocycles. The molecule has 8 heteroatoms. The molecular weight excluding hydrogens is 441 g/mol. The van der Waals surface area contributed by atoms with Crippen molar-refractivity contribution in [1.82, 2.24) is 0 Å². The summed E-state index contributed by atoms with van der Waals surface area (Å²) in [6, 6.07) is 17.7. The van der Waals surface area contributed by atoms with Gasteiger partial charge in [-0.05, 0) is 48.9 Å². The van der Waals surface area contributed by atoms with E-state index in [0.717, 1.165) is 12.1 Å². The summed E-state index contributed by atoms with van der Waals surface area (Å²) in [5.74, 6) is -1.51. The Morgan fingerprint density at radius 2 is 1.61 bits per heavy atom. The third-order valence-corrected chi connectivity index (χ3v) is 6.58. The molecule has 0 aliphatic carbocycles. The molecule has 0 atom stereocenters. The molecule has 5 nitrogen and oxygen atoms in total. The van der Waals surface area contributed by atoms with Crippen LogP contribution in [0.1, 0.15) is 28.8 Å². The Bertz CT molecular complexity index is 1200. The first-order valence-corrected chi connectivity index (χ1v) is 11.5. The van der Waals surface area contributed by atoms with Crippen molar-refractivity contribution in [2.75, 3.05) is 11.1 Å². The summed E-state index contributed by atoms with van der Waals surface area (Å²) in [5.41, 5.74) is 0.987. The van der Waals surface area contributed by atoms with E-state index in [1.807, 2.05) is 0 Å². The Hall–Kier alpha value is -3.03. The maximum atomic E-state index is 13.0. The first kappa shape index (κ1) is 22.7. The lowest BCUT2D eigenvalue weighted by Gasteiger charge is -2.11. The van der Waals surface area contributed by atoms with Crippen LogP contribution in [0.5, 0.6) is 0 Å². The molecule has 0 fully saturated rings. The van der Waals surface area contributed by atoms with Gasteiger partial charge in [0.05, 0.1) is 16.3 Å². The maximum Gasteiger partial charge on any atom is 0.224 e. The molecular formula is C23H19ClFNO4S.